The third-order valence-corrected chi connectivity index (χ3v) is 4.84. The van der Waals surface area contributed by atoms with E-state index in [-0.39, 0.29) is 5.91 Å². The van der Waals surface area contributed by atoms with Crippen LogP contribution in [0.4, 0.5) is 0 Å². The zero-order valence-corrected chi connectivity index (χ0v) is 15.8. The van der Waals surface area contributed by atoms with Gasteiger partial charge < -0.3 is 5.32 Å². The van der Waals surface area contributed by atoms with Gasteiger partial charge in [0.05, 0.1) is 12.7 Å². The molecule has 3 rings (SSSR count). The van der Waals surface area contributed by atoms with Crippen LogP contribution in [0.15, 0.2) is 72.9 Å². The second-order valence-corrected chi connectivity index (χ2v) is 7.09. The van der Waals surface area contributed by atoms with E-state index in [0.29, 0.717) is 18.8 Å². The largest absolute Gasteiger partial charge is 0.352 e. The minimum atomic E-state index is -0.118. The molecule has 0 aliphatic carbocycles. The monoisotopic (exact) mass is 378 g/mol. The first-order valence-corrected chi connectivity index (χ1v) is 9.97. The van der Waals surface area contributed by atoms with E-state index >= 15 is 0 Å². The van der Waals surface area contributed by atoms with Crippen molar-refractivity contribution in [3.05, 3.63) is 89.8 Å². The molecule has 6 heteroatoms. The van der Waals surface area contributed by atoms with Crippen LogP contribution >= 0.6 is 11.8 Å². The van der Waals surface area contributed by atoms with Gasteiger partial charge in [0.15, 0.2) is 0 Å². The Bertz CT molecular complexity index is 862. The fourth-order valence-corrected chi connectivity index (χ4v) is 3.29. The van der Waals surface area contributed by atoms with Gasteiger partial charge in [-0.05, 0) is 17.2 Å². The standard InChI is InChI=1S/C21H22N4OS/c26-21(22-13-14-27-17-19-9-5-2-6-10-19)12-11-20-16-25(24-23-20)15-18-7-3-1-4-8-18/h1-12,16H,13-15,17H2,(H,22,26)/b12-11+. The SMILES string of the molecule is O=C(/C=C/c1cn(Cc2ccccc2)nn1)NCCSCc1ccccc1. The molecule has 0 fully saturated rings. The smallest absolute Gasteiger partial charge is 0.244 e. The molecular formula is C21H22N4OS. The lowest BCUT2D eigenvalue weighted by molar-refractivity contribution is -0.116. The highest BCUT2D eigenvalue weighted by atomic mass is 32.2. The van der Waals surface area contributed by atoms with E-state index in [1.807, 2.05) is 54.7 Å². The molecule has 1 N–H and O–H groups in total. The average Bonchev–Trinajstić information content (AvgIpc) is 3.15. The van der Waals surface area contributed by atoms with Gasteiger partial charge in [-0.25, -0.2) is 4.68 Å². The summed E-state index contributed by atoms with van der Waals surface area (Å²) < 4.78 is 1.76. The molecule has 0 spiro atoms. The molecule has 1 aromatic heterocycles. The number of rotatable bonds is 9. The van der Waals surface area contributed by atoms with Crippen molar-refractivity contribution in [2.24, 2.45) is 0 Å². The minimum absolute atomic E-state index is 0.118. The van der Waals surface area contributed by atoms with E-state index in [0.717, 1.165) is 17.1 Å². The van der Waals surface area contributed by atoms with Crippen molar-refractivity contribution < 1.29 is 4.79 Å². The molecule has 138 valence electrons. The minimum Gasteiger partial charge on any atom is -0.352 e. The maximum atomic E-state index is 11.9. The molecule has 5 nitrogen and oxygen atoms in total. The highest BCUT2D eigenvalue weighted by Gasteiger charge is 2.00. The van der Waals surface area contributed by atoms with Crippen molar-refractivity contribution in [1.29, 1.82) is 0 Å². The molecule has 0 radical (unpaired) electrons. The molecule has 0 aliphatic rings. The lowest BCUT2D eigenvalue weighted by atomic mass is 10.2. The number of nitrogens with zero attached hydrogens (tertiary/aromatic N) is 3. The number of benzene rings is 2. The highest BCUT2D eigenvalue weighted by Crippen LogP contribution is 2.10. The second-order valence-electron chi connectivity index (χ2n) is 5.99. The molecule has 0 saturated heterocycles. The highest BCUT2D eigenvalue weighted by molar-refractivity contribution is 7.98. The number of thioether (sulfide) groups is 1. The number of hydrogen-bond donors (Lipinski definition) is 1. The maximum absolute atomic E-state index is 11.9. The van der Waals surface area contributed by atoms with Crippen molar-refractivity contribution in [1.82, 2.24) is 20.3 Å². The summed E-state index contributed by atoms with van der Waals surface area (Å²) in [6, 6.07) is 20.4. The lowest BCUT2D eigenvalue weighted by Gasteiger charge is -2.03. The first kappa shape index (κ1) is 18.9. The van der Waals surface area contributed by atoms with Crippen LogP contribution in [0.25, 0.3) is 6.08 Å². The predicted molar refractivity (Wildman–Crippen MR) is 110 cm³/mol. The summed E-state index contributed by atoms with van der Waals surface area (Å²) in [6.07, 6.45) is 5.01. The van der Waals surface area contributed by atoms with Gasteiger partial charge in [0, 0.05) is 24.1 Å². The lowest BCUT2D eigenvalue weighted by Crippen LogP contribution is -2.23. The number of nitrogens with one attached hydrogen (secondary N) is 1. The van der Waals surface area contributed by atoms with Gasteiger partial charge in [-0.15, -0.1) is 5.10 Å². The zero-order chi connectivity index (χ0) is 18.7. The molecule has 0 unspecified atom stereocenters. The fourth-order valence-electron chi connectivity index (χ4n) is 2.47. The Labute approximate surface area is 163 Å². The Morgan fingerprint density at radius 2 is 1.74 bits per heavy atom. The molecule has 1 amide bonds. The molecule has 3 aromatic rings. The number of amides is 1. The summed E-state index contributed by atoms with van der Waals surface area (Å²) in [4.78, 5) is 11.9. The van der Waals surface area contributed by atoms with Gasteiger partial charge in [0.25, 0.3) is 0 Å². The van der Waals surface area contributed by atoms with Crippen LogP contribution in [-0.4, -0.2) is 33.2 Å². The summed E-state index contributed by atoms with van der Waals surface area (Å²) in [5.41, 5.74) is 3.12. The van der Waals surface area contributed by atoms with E-state index in [1.54, 1.807) is 22.5 Å². The van der Waals surface area contributed by atoms with Crippen LogP contribution in [0.5, 0.6) is 0 Å². The van der Waals surface area contributed by atoms with Crippen LogP contribution in [0, 0.1) is 0 Å². The molecule has 0 saturated carbocycles. The molecule has 1 heterocycles. The topological polar surface area (TPSA) is 59.8 Å². The van der Waals surface area contributed by atoms with E-state index in [2.05, 4.69) is 27.8 Å². The Hall–Kier alpha value is -2.86. The molecule has 0 atom stereocenters. The maximum Gasteiger partial charge on any atom is 0.244 e. The van der Waals surface area contributed by atoms with Gasteiger partial charge in [-0.3, -0.25) is 4.79 Å². The zero-order valence-electron chi connectivity index (χ0n) is 15.0. The fraction of sp³-hybridized carbons (Fsp3) is 0.190. The van der Waals surface area contributed by atoms with Crippen LogP contribution in [0.3, 0.4) is 0 Å². The van der Waals surface area contributed by atoms with Crippen molar-refractivity contribution in [3.63, 3.8) is 0 Å². The van der Waals surface area contributed by atoms with E-state index in [4.69, 9.17) is 0 Å². The number of carbonyl (C=O) groups is 1. The van der Waals surface area contributed by atoms with E-state index < -0.39 is 0 Å². The average molecular weight is 379 g/mol. The molecule has 0 bridgehead atoms. The quantitative estimate of drug-likeness (QED) is 0.458. The first-order valence-electron chi connectivity index (χ1n) is 8.81. The van der Waals surface area contributed by atoms with Gasteiger partial charge in [-0.2, -0.15) is 11.8 Å². The first-order chi connectivity index (χ1) is 13.3. The van der Waals surface area contributed by atoms with Gasteiger partial charge >= 0.3 is 0 Å². The normalized spacial score (nSPS) is 11.0. The Morgan fingerprint density at radius 1 is 1.04 bits per heavy atom. The summed E-state index contributed by atoms with van der Waals surface area (Å²) in [5.74, 6) is 1.71. The van der Waals surface area contributed by atoms with Gasteiger partial charge in [0.1, 0.15) is 5.69 Å². The van der Waals surface area contributed by atoms with Crippen LogP contribution in [-0.2, 0) is 17.1 Å². The van der Waals surface area contributed by atoms with E-state index in [1.165, 1.54) is 11.6 Å². The Kier molecular flexibility index (Phi) is 7.24. The van der Waals surface area contributed by atoms with Gasteiger partial charge in [0.2, 0.25) is 5.91 Å². The number of hydrogen-bond acceptors (Lipinski definition) is 4. The Morgan fingerprint density at radius 3 is 2.48 bits per heavy atom. The third-order valence-electron chi connectivity index (χ3n) is 3.81. The number of carbonyl (C=O) groups excluding carboxylic acids is 1. The molecule has 2 aromatic carbocycles. The summed E-state index contributed by atoms with van der Waals surface area (Å²) >= 11 is 1.80. The van der Waals surface area contributed by atoms with Crippen molar-refractivity contribution in [2.75, 3.05) is 12.3 Å². The van der Waals surface area contributed by atoms with Crippen molar-refractivity contribution in [3.8, 4) is 0 Å². The van der Waals surface area contributed by atoms with E-state index in [9.17, 15) is 4.79 Å². The number of aromatic nitrogens is 3. The summed E-state index contributed by atoms with van der Waals surface area (Å²) in [6.45, 7) is 1.30. The predicted octanol–water partition coefficient (Wildman–Crippen LogP) is 3.39. The molecule has 0 aliphatic heterocycles. The van der Waals surface area contributed by atoms with Gasteiger partial charge in [-0.1, -0.05) is 65.9 Å². The second kappa shape index (κ2) is 10.3. The summed E-state index contributed by atoms with van der Waals surface area (Å²) in [5, 5.41) is 11.0. The van der Waals surface area contributed by atoms with Crippen LogP contribution in [0.1, 0.15) is 16.8 Å². The third kappa shape index (κ3) is 6.75. The molecular weight excluding hydrogens is 356 g/mol. The van der Waals surface area contributed by atoms with Crippen LogP contribution in [0.2, 0.25) is 0 Å². The Balaban J connectivity index is 1.36. The molecule has 27 heavy (non-hydrogen) atoms. The van der Waals surface area contributed by atoms with Crippen molar-refractivity contribution in [2.45, 2.75) is 12.3 Å². The van der Waals surface area contributed by atoms with Crippen molar-refractivity contribution >= 4 is 23.7 Å². The van der Waals surface area contributed by atoms with Crippen LogP contribution < -0.4 is 5.32 Å². The summed E-state index contributed by atoms with van der Waals surface area (Å²) in [7, 11) is 0.